The van der Waals surface area contributed by atoms with Gasteiger partial charge in [0, 0.05) is 31.3 Å². The molecule has 1 unspecified atom stereocenters. The van der Waals surface area contributed by atoms with E-state index in [2.05, 4.69) is 12.0 Å². The lowest BCUT2D eigenvalue weighted by molar-refractivity contribution is -0.155. The average molecular weight is 499 g/mol. The summed E-state index contributed by atoms with van der Waals surface area (Å²) in [6.07, 6.45) is 15.2. The summed E-state index contributed by atoms with van der Waals surface area (Å²) in [6.45, 7) is 9.90. The zero-order valence-corrected chi connectivity index (χ0v) is 22.1. The summed E-state index contributed by atoms with van der Waals surface area (Å²) in [4.78, 5) is 35.5. The Morgan fingerprint density at radius 3 is 2.39 bits per heavy atom. The molecule has 4 atom stereocenters. The lowest BCUT2D eigenvalue weighted by atomic mass is 9.57. The molecular weight excluding hydrogens is 460 g/mol. The molecular formula is C29H38O7. The second-order valence-electron chi connectivity index (χ2n) is 10.2. The van der Waals surface area contributed by atoms with Crippen molar-refractivity contribution >= 4 is 17.9 Å². The molecule has 0 radical (unpaired) electrons. The summed E-state index contributed by atoms with van der Waals surface area (Å²) in [5.74, 6) is 1.43. The molecule has 0 saturated carbocycles. The molecule has 2 rings (SSSR count). The van der Waals surface area contributed by atoms with Gasteiger partial charge < -0.3 is 19.3 Å². The number of ether oxygens (including phenoxy) is 3. The van der Waals surface area contributed by atoms with Crippen molar-refractivity contribution < 1.29 is 33.7 Å². The van der Waals surface area contributed by atoms with Gasteiger partial charge in [0.2, 0.25) is 0 Å². The number of hydrogen-bond acceptors (Lipinski definition) is 7. The summed E-state index contributed by atoms with van der Waals surface area (Å²) in [7, 11) is 0. The molecule has 0 spiro atoms. The van der Waals surface area contributed by atoms with Crippen LogP contribution in [0.2, 0.25) is 0 Å². The maximum atomic E-state index is 12.4. The van der Waals surface area contributed by atoms with Gasteiger partial charge in [0.1, 0.15) is 24.4 Å². The number of carbonyl (C=O) groups excluding carboxylic acids is 3. The van der Waals surface area contributed by atoms with Gasteiger partial charge in [-0.25, -0.2) is 0 Å². The summed E-state index contributed by atoms with van der Waals surface area (Å²) in [5, 5.41) is 11.5. The average Bonchev–Trinajstić information content (AvgIpc) is 2.77. The predicted octanol–water partition coefficient (Wildman–Crippen LogP) is 4.36. The predicted molar refractivity (Wildman–Crippen MR) is 136 cm³/mol. The van der Waals surface area contributed by atoms with E-state index in [4.69, 9.17) is 20.6 Å². The van der Waals surface area contributed by atoms with Gasteiger partial charge in [0.15, 0.2) is 0 Å². The van der Waals surface area contributed by atoms with Gasteiger partial charge in [-0.2, -0.15) is 0 Å². The van der Waals surface area contributed by atoms with Gasteiger partial charge in [-0.05, 0) is 76.2 Å². The second-order valence-corrected chi connectivity index (χ2v) is 10.2. The van der Waals surface area contributed by atoms with Crippen molar-refractivity contribution in [3.05, 3.63) is 47.1 Å². The minimum atomic E-state index is -1.07. The van der Waals surface area contributed by atoms with E-state index in [-0.39, 0.29) is 24.9 Å². The molecule has 0 aliphatic heterocycles. The van der Waals surface area contributed by atoms with Crippen LogP contribution in [0.5, 0.6) is 0 Å². The van der Waals surface area contributed by atoms with Crippen LogP contribution >= 0.6 is 0 Å². The lowest BCUT2D eigenvalue weighted by Gasteiger charge is -2.49. The molecule has 0 amide bonds. The first-order valence-electron chi connectivity index (χ1n) is 12.2. The third kappa shape index (κ3) is 7.20. The highest BCUT2D eigenvalue weighted by Gasteiger charge is 2.52. The normalized spacial score (nSPS) is 26.3. The summed E-state index contributed by atoms with van der Waals surface area (Å²) >= 11 is 0. The Morgan fingerprint density at radius 2 is 1.81 bits per heavy atom. The Morgan fingerprint density at radius 1 is 1.11 bits per heavy atom. The lowest BCUT2D eigenvalue weighted by Crippen LogP contribution is -2.52. The number of allylic oxidation sites excluding steroid dienone is 5. The SMILES string of the molecule is C#C/C(=C(C)\C(=C/COC(C)=O)CCC(=O)OC(C)(C)C)[C@]12CC=CCC1C=C[C@H](OC(C)=O)[C@@H]2O. The molecule has 1 N–H and O–H groups in total. The highest BCUT2D eigenvalue weighted by atomic mass is 16.6. The van der Waals surface area contributed by atoms with E-state index in [0.717, 1.165) is 5.57 Å². The Balaban J connectivity index is 2.53. The summed E-state index contributed by atoms with van der Waals surface area (Å²) in [6, 6.07) is 0. The fraction of sp³-hybridized carbons (Fsp3) is 0.552. The second kappa shape index (κ2) is 12.2. The number of carbonyl (C=O) groups is 3. The van der Waals surface area contributed by atoms with Crippen LogP contribution in [0.25, 0.3) is 0 Å². The van der Waals surface area contributed by atoms with Crippen molar-refractivity contribution in [3.8, 4) is 12.3 Å². The molecule has 0 saturated heterocycles. The quantitative estimate of drug-likeness (QED) is 0.174. The van der Waals surface area contributed by atoms with E-state index >= 15 is 0 Å². The van der Waals surface area contributed by atoms with Gasteiger partial charge >= 0.3 is 17.9 Å². The molecule has 36 heavy (non-hydrogen) atoms. The van der Waals surface area contributed by atoms with Gasteiger partial charge in [-0.15, -0.1) is 6.42 Å². The molecule has 0 heterocycles. The maximum Gasteiger partial charge on any atom is 0.306 e. The molecule has 0 aromatic carbocycles. The van der Waals surface area contributed by atoms with Crippen molar-refractivity contribution in [2.24, 2.45) is 11.3 Å². The third-order valence-corrected chi connectivity index (χ3v) is 6.45. The Kier molecular flexibility index (Phi) is 9.89. The van der Waals surface area contributed by atoms with E-state index in [1.54, 1.807) is 32.9 Å². The van der Waals surface area contributed by atoms with Crippen LogP contribution in [0.4, 0.5) is 0 Å². The first-order valence-corrected chi connectivity index (χ1v) is 12.2. The van der Waals surface area contributed by atoms with Crippen LogP contribution in [0, 0.1) is 23.7 Å². The number of esters is 3. The largest absolute Gasteiger partial charge is 0.462 e. The van der Waals surface area contributed by atoms with Crippen molar-refractivity contribution in [3.63, 3.8) is 0 Å². The zero-order valence-electron chi connectivity index (χ0n) is 22.1. The minimum absolute atomic E-state index is 0.0169. The van der Waals surface area contributed by atoms with Crippen LogP contribution in [-0.2, 0) is 28.6 Å². The molecule has 0 bridgehead atoms. The smallest absolute Gasteiger partial charge is 0.306 e. The number of hydrogen-bond donors (Lipinski definition) is 1. The Labute approximate surface area is 214 Å². The topological polar surface area (TPSA) is 99.1 Å². The Bertz CT molecular complexity index is 1020. The molecule has 2 aliphatic rings. The molecule has 2 aliphatic carbocycles. The van der Waals surface area contributed by atoms with E-state index in [1.165, 1.54) is 13.8 Å². The standard InChI is InChI=1S/C29H38O7/c1-8-24(29-17-10-9-11-23(29)13-14-25(27(29)33)35-21(4)31)19(2)22(16-18-34-20(3)30)12-15-26(32)36-28(5,6)7/h1,9-10,13-14,16,23,25,27,33H,11-12,15,17-18H2,2-7H3/b22-16-,24-19+/t23?,25-,27-,29-/m0/s1. The first-order chi connectivity index (χ1) is 16.8. The van der Waals surface area contributed by atoms with Crippen molar-refractivity contribution in [1.82, 2.24) is 0 Å². The highest BCUT2D eigenvalue weighted by molar-refractivity contribution is 5.70. The molecule has 0 aromatic rings. The molecule has 7 heteroatoms. The third-order valence-electron chi connectivity index (χ3n) is 6.45. The van der Waals surface area contributed by atoms with Gasteiger partial charge in [-0.3, -0.25) is 14.4 Å². The molecule has 0 fully saturated rings. The molecule has 0 aromatic heterocycles. The van der Waals surface area contributed by atoms with Crippen molar-refractivity contribution in [2.45, 2.75) is 85.0 Å². The number of rotatable bonds is 8. The van der Waals surface area contributed by atoms with Crippen LogP contribution < -0.4 is 0 Å². The van der Waals surface area contributed by atoms with E-state index < -0.39 is 35.2 Å². The van der Waals surface area contributed by atoms with E-state index in [9.17, 15) is 19.5 Å². The van der Waals surface area contributed by atoms with Gasteiger partial charge in [0.05, 0.1) is 0 Å². The fourth-order valence-corrected chi connectivity index (χ4v) is 4.93. The van der Waals surface area contributed by atoms with E-state index in [0.29, 0.717) is 30.4 Å². The monoisotopic (exact) mass is 498 g/mol. The molecule has 196 valence electrons. The van der Waals surface area contributed by atoms with Crippen molar-refractivity contribution in [1.29, 1.82) is 0 Å². The zero-order chi connectivity index (χ0) is 27.1. The minimum Gasteiger partial charge on any atom is -0.462 e. The number of fused-ring (bicyclic) bond motifs is 1. The number of terminal acetylenes is 1. The van der Waals surface area contributed by atoms with Crippen LogP contribution in [0.15, 0.2) is 47.1 Å². The van der Waals surface area contributed by atoms with E-state index in [1.807, 2.05) is 19.1 Å². The van der Waals surface area contributed by atoms with Crippen LogP contribution in [-0.4, -0.2) is 47.4 Å². The van der Waals surface area contributed by atoms with Gasteiger partial charge in [0.25, 0.3) is 0 Å². The highest BCUT2D eigenvalue weighted by Crippen LogP contribution is 2.52. The molecule has 7 nitrogen and oxygen atoms in total. The Hall–Kier alpha value is -3.11. The van der Waals surface area contributed by atoms with Crippen molar-refractivity contribution in [2.75, 3.05) is 6.61 Å². The van der Waals surface area contributed by atoms with Crippen LogP contribution in [0.1, 0.15) is 67.2 Å². The number of aliphatic hydroxyl groups is 1. The van der Waals surface area contributed by atoms with Gasteiger partial charge in [-0.1, -0.05) is 24.1 Å². The number of aliphatic hydroxyl groups excluding tert-OH is 1. The fourth-order valence-electron chi connectivity index (χ4n) is 4.93. The maximum absolute atomic E-state index is 12.4. The first kappa shape index (κ1) is 29.1. The summed E-state index contributed by atoms with van der Waals surface area (Å²) < 4.78 is 16.0. The van der Waals surface area contributed by atoms with Crippen LogP contribution in [0.3, 0.4) is 0 Å². The summed E-state index contributed by atoms with van der Waals surface area (Å²) in [5.41, 5.74) is 0.505.